The topological polar surface area (TPSA) is 21.3 Å². The molecule has 0 spiro atoms. The number of halogens is 1. The van der Waals surface area contributed by atoms with E-state index in [9.17, 15) is 0 Å². The normalized spacial score (nSPS) is 12.8. The SMILES string of the molecule is CCNC(COC)Cc1ccc(C)cc1Cl. The van der Waals surface area contributed by atoms with Gasteiger partial charge in [0, 0.05) is 18.2 Å². The molecule has 0 radical (unpaired) electrons. The summed E-state index contributed by atoms with van der Waals surface area (Å²) in [6.07, 6.45) is 0.904. The van der Waals surface area contributed by atoms with E-state index in [1.807, 2.05) is 13.0 Å². The summed E-state index contributed by atoms with van der Waals surface area (Å²) in [4.78, 5) is 0. The number of hydrogen-bond donors (Lipinski definition) is 1. The van der Waals surface area contributed by atoms with Crippen LogP contribution in [0.4, 0.5) is 0 Å². The van der Waals surface area contributed by atoms with Gasteiger partial charge in [0.15, 0.2) is 0 Å². The van der Waals surface area contributed by atoms with Crippen molar-refractivity contribution in [3.05, 3.63) is 34.3 Å². The summed E-state index contributed by atoms with van der Waals surface area (Å²) in [7, 11) is 1.72. The minimum atomic E-state index is 0.329. The van der Waals surface area contributed by atoms with E-state index in [-0.39, 0.29) is 0 Å². The predicted molar refractivity (Wildman–Crippen MR) is 69.2 cm³/mol. The first-order valence-corrected chi connectivity index (χ1v) is 6.02. The van der Waals surface area contributed by atoms with Gasteiger partial charge in [-0.1, -0.05) is 30.7 Å². The number of likely N-dealkylation sites (N-methyl/N-ethyl adjacent to an activating group) is 1. The molecule has 1 atom stereocenters. The van der Waals surface area contributed by atoms with Gasteiger partial charge < -0.3 is 10.1 Å². The van der Waals surface area contributed by atoms with Gasteiger partial charge in [0.05, 0.1) is 6.61 Å². The molecule has 16 heavy (non-hydrogen) atoms. The summed E-state index contributed by atoms with van der Waals surface area (Å²) in [5, 5.41) is 4.24. The van der Waals surface area contributed by atoms with Crippen molar-refractivity contribution in [3.63, 3.8) is 0 Å². The van der Waals surface area contributed by atoms with Crippen LogP contribution < -0.4 is 5.32 Å². The van der Waals surface area contributed by atoms with Gasteiger partial charge in [0.2, 0.25) is 0 Å². The number of rotatable bonds is 6. The molecule has 0 amide bonds. The van der Waals surface area contributed by atoms with Gasteiger partial charge in [-0.05, 0) is 37.1 Å². The smallest absolute Gasteiger partial charge is 0.0619 e. The van der Waals surface area contributed by atoms with E-state index in [2.05, 4.69) is 24.4 Å². The quantitative estimate of drug-likeness (QED) is 0.827. The molecule has 1 aromatic rings. The minimum Gasteiger partial charge on any atom is -0.383 e. The predicted octanol–water partition coefficient (Wildman–Crippen LogP) is 2.82. The van der Waals surface area contributed by atoms with E-state index in [1.54, 1.807) is 7.11 Å². The Balaban J connectivity index is 2.68. The van der Waals surface area contributed by atoms with Gasteiger partial charge in [0.1, 0.15) is 0 Å². The van der Waals surface area contributed by atoms with Crippen LogP contribution in [-0.2, 0) is 11.2 Å². The lowest BCUT2D eigenvalue weighted by Gasteiger charge is -2.17. The highest BCUT2D eigenvalue weighted by atomic mass is 35.5. The van der Waals surface area contributed by atoms with Crippen molar-refractivity contribution in [2.24, 2.45) is 0 Å². The first kappa shape index (κ1) is 13.5. The second-order valence-electron chi connectivity index (χ2n) is 4.01. The van der Waals surface area contributed by atoms with Gasteiger partial charge in [-0.2, -0.15) is 0 Å². The Morgan fingerprint density at radius 3 is 2.75 bits per heavy atom. The highest BCUT2D eigenvalue weighted by Gasteiger charge is 2.10. The molecule has 90 valence electrons. The standard InChI is InChI=1S/C13H20ClNO/c1-4-15-12(9-16-3)8-11-6-5-10(2)7-13(11)14/h5-7,12,15H,4,8-9H2,1-3H3. The maximum absolute atomic E-state index is 6.21. The van der Waals surface area contributed by atoms with Crippen molar-refractivity contribution in [1.29, 1.82) is 0 Å². The second-order valence-corrected chi connectivity index (χ2v) is 4.42. The van der Waals surface area contributed by atoms with Crippen molar-refractivity contribution >= 4 is 11.6 Å². The zero-order valence-corrected chi connectivity index (χ0v) is 11.0. The molecule has 0 aliphatic carbocycles. The molecule has 0 bridgehead atoms. The third-order valence-corrected chi connectivity index (χ3v) is 2.89. The van der Waals surface area contributed by atoms with Gasteiger partial charge in [0.25, 0.3) is 0 Å². The highest BCUT2D eigenvalue weighted by molar-refractivity contribution is 6.31. The molecule has 1 aromatic carbocycles. The van der Waals surface area contributed by atoms with E-state index in [4.69, 9.17) is 16.3 Å². The Bertz CT molecular complexity index is 322. The van der Waals surface area contributed by atoms with Crippen LogP contribution in [0, 0.1) is 6.92 Å². The molecule has 0 aliphatic rings. The maximum atomic E-state index is 6.21. The van der Waals surface area contributed by atoms with Crippen molar-refractivity contribution in [2.45, 2.75) is 26.3 Å². The molecule has 0 aromatic heterocycles. The molecule has 1 N–H and O–H groups in total. The van der Waals surface area contributed by atoms with Crippen LogP contribution in [0.2, 0.25) is 5.02 Å². The molecule has 0 fully saturated rings. The molecule has 0 saturated carbocycles. The third kappa shape index (κ3) is 4.12. The van der Waals surface area contributed by atoms with Crippen molar-refractivity contribution in [3.8, 4) is 0 Å². The average Bonchev–Trinajstić information content (AvgIpc) is 2.23. The van der Waals surface area contributed by atoms with Gasteiger partial charge in [-0.25, -0.2) is 0 Å². The number of ether oxygens (including phenoxy) is 1. The Hall–Kier alpha value is -0.570. The Kier molecular flexibility index (Phi) is 5.81. The number of nitrogens with one attached hydrogen (secondary N) is 1. The second kappa shape index (κ2) is 6.89. The van der Waals surface area contributed by atoms with E-state index < -0.39 is 0 Å². The molecule has 0 saturated heterocycles. The van der Waals surface area contributed by atoms with Gasteiger partial charge in [-0.3, -0.25) is 0 Å². The zero-order chi connectivity index (χ0) is 12.0. The van der Waals surface area contributed by atoms with E-state index >= 15 is 0 Å². The molecule has 3 heteroatoms. The molecule has 0 aliphatic heterocycles. The van der Waals surface area contributed by atoms with Crippen LogP contribution >= 0.6 is 11.6 Å². The summed E-state index contributed by atoms with van der Waals surface area (Å²) in [6, 6.07) is 6.52. The Labute approximate surface area is 103 Å². The fourth-order valence-electron chi connectivity index (χ4n) is 1.76. The van der Waals surface area contributed by atoms with E-state index in [0.29, 0.717) is 12.6 Å². The number of benzene rings is 1. The van der Waals surface area contributed by atoms with Crippen LogP contribution in [0.3, 0.4) is 0 Å². The van der Waals surface area contributed by atoms with Gasteiger partial charge in [-0.15, -0.1) is 0 Å². The molecular formula is C13H20ClNO. The monoisotopic (exact) mass is 241 g/mol. The van der Waals surface area contributed by atoms with Crippen LogP contribution in [0.25, 0.3) is 0 Å². The highest BCUT2D eigenvalue weighted by Crippen LogP contribution is 2.19. The lowest BCUT2D eigenvalue weighted by molar-refractivity contribution is 0.167. The maximum Gasteiger partial charge on any atom is 0.0619 e. The Morgan fingerprint density at radius 2 is 2.19 bits per heavy atom. The van der Waals surface area contributed by atoms with Gasteiger partial charge >= 0.3 is 0 Å². The molecule has 2 nitrogen and oxygen atoms in total. The zero-order valence-electron chi connectivity index (χ0n) is 10.2. The first-order valence-electron chi connectivity index (χ1n) is 5.64. The van der Waals surface area contributed by atoms with Crippen LogP contribution in [0.1, 0.15) is 18.1 Å². The van der Waals surface area contributed by atoms with Crippen molar-refractivity contribution in [1.82, 2.24) is 5.32 Å². The van der Waals surface area contributed by atoms with Crippen molar-refractivity contribution < 1.29 is 4.74 Å². The Morgan fingerprint density at radius 1 is 1.44 bits per heavy atom. The number of aryl methyl sites for hydroxylation is 1. The summed E-state index contributed by atoms with van der Waals surface area (Å²) < 4.78 is 5.19. The largest absolute Gasteiger partial charge is 0.383 e. The molecular weight excluding hydrogens is 222 g/mol. The van der Waals surface area contributed by atoms with E-state index in [1.165, 1.54) is 11.1 Å². The summed E-state index contributed by atoms with van der Waals surface area (Å²) in [6.45, 7) is 5.79. The molecule has 1 unspecified atom stereocenters. The van der Waals surface area contributed by atoms with Crippen LogP contribution in [-0.4, -0.2) is 26.3 Å². The van der Waals surface area contributed by atoms with Crippen LogP contribution in [0.5, 0.6) is 0 Å². The summed E-state index contributed by atoms with van der Waals surface area (Å²) >= 11 is 6.21. The lowest BCUT2D eigenvalue weighted by atomic mass is 10.0. The summed E-state index contributed by atoms with van der Waals surface area (Å²) in [5.74, 6) is 0. The van der Waals surface area contributed by atoms with E-state index in [0.717, 1.165) is 18.0 Å². The fraction of sp³-hybridized carbons (Fsp3) is 0.538. The number of methoxy groups -OCH3 is 1. The van der Waals surface area contributed by atoms with Crippen LogP contribution in [0.15, 0.2) is 18.2 Å². The third-order valence-electron chi connectivity index (χ3n) is 2.54. The fourth-order valence-corrected chi connectivity index (χ4v) is 2.08. The summed E-state index contributed by atoms with van der Waals surface area (Å²) in [5.41, 5.74) is 2.37. The van der Waals surface area contributed by atoms with Crippen molar-refractivity contribution in [2.75, 3.05) is 20.3 Å². The molecule has 0 heterocycles. The average molecular weight is 242 g/mol. The minimum absolute atomic E-state index is 0.329. The molecule has 1 rings (SSSR count). The first-order chi connectivity index (χ1) is 7.67. The lowest BCUT2D eigenvalue weighted by Crippen LogP contribution is -2.35. The number of hydrogen-bond acceptors (Lipinski definition) is 2.